The van der Waals surface area contributed by atoms with Crippen LogP contribution in [0, 0.1) is 0 Å². The normalized spacial score (nSPS) is 14.3. The van der Waals surface area contributed by atoms with Gasteiger partial charge >= 0.3 is 0 Å². The van der Waals surface area contributed by atoms with Gasteiger partial charge in [0.1, 0.15) is 11.6 Å². The number of aromatic hydroxyl groups is 1. The van der Waals surface area contributed by atoms with Crippen LogP contribution in [0.5, 0.6) is 5.75 Å². The predicted molar refractivity (Wildman–Crippen MR) is 75.8 cm³/mol. The number of hydrazine groups is 2. The lowest BCUT2D eigenvalue weighted by Crippen LogP contribution is -2.44. The van der Waals surface area contributed by atoms with Crippen LogP contribution in [0.4, 0.5) is 11.4 Å². The third-order valence-electron chi connectivity index (χ3n) is 2.78. The number of rotatable bonds is 2. The summed E-state index contributed by atoms with van der Waals surface area (Å²) < 4.78 is 0. The highest BCUT2D eigenvalue weighted by Gasteiger charge is 2.22. The van der Waals surface area contributed by atoms with E-state index in [4.69, 9.17) is 0 Å². The fourth-order valence-corrected chi connectivity index (χ4v) is 1.91. The van der Waals surface area contributed by atoms with Crippen molar-refractivity contribution in [1.82, 2.24) is 5.43 Å². The molecule has 2 aromatic rings. The predicted octanol–water partition coefficient (Wildman–Crippen LogP) is 2.47. The molecule has 0 fully saturated rings. The first-order valence-corrected chi connectivity index (χ1v) is 6.00. The minimum absolute atomic E-state index is 0.242. The first-order chi connectivity index (χ1) is 9.24. The highest BCUT2D eigenvalue weighted by Crippen LogP contribution is 2.25. The van der Waals surface area contributed by atoms with Crippen molar-refractivity contribution in [3.05, 3.63) is 54.6 Å². The van der Waals surface area contributed by atoms with Gasteiger partial charge in [-0.1, -0.05) is 18.2 Å². The molecule has 0 radical (unpaired) electrons. The lowest BCUT2D eigenvalue weighted by Gasteiger charge is -2.27. The Morgan fingerprint density at radius 1 is 0.947 bits per heavy atom. The van der Waals surface area contributed by atoms with Crippen molar-refractivity contribution in [3.8, 4) is 5.75 Å². The van der Waals surface area contributed by atoms with Gasteiger partial charge in [0.05, 0.1) is 11.4 Å². The van der Waals surface area contributed by atoms with E-state index in [1.165, 1.54) is 0 Å². The third-order valence-corrected chi connectivity index (χ3v) is 2.78. The molecular formula is C14H14N4O. The molecule has 0 aromatic heterocycles. The molecule has 2 aromatic carbocycles. The van der Waals surface area contributed by atoms with Crippen LogP contribution in [-0.4, -0.2) is 10.9 Å². The topological polar surface area (TPSA) is 51.1 Å². The fourth-order valence-electron chi connectivity index (χ4n) is 1.91. The Bertz CT molecular complexity index is 595. The Hall–Kier alpha value is -2.69. The molecule has 0 atom stereocenters. The van der Waals surface area contributed by atoms with Gasteiger partial charge in [-0.05, 0) is 43.3 Å². The second-order valence-corrected chi connectivity index (χ2v) is 4.25. The summed E-state index contributed by atoms with van der Waals surface area (Å²) in [4.78, 5) is 0. The van der Waals surface area contributed by atoms with Gasteiger partial charge in [-0.3, -0.25) is 5.43 Å². The number of hydrazone groups is 1. The maximum absolute atomic E-state index is 9.35. The standard InChI is InChI=1S/C14H14N4O/c1-11-15-17(12-5-3-2-4-6-12)18(16-11)13-7-9-14(19)10-8-13/h2-10,19H,1H3,(H,15,16). The van der Waals surface area contributed by atoms with Crippen molar-refractivity contribution in [3.63, 3.8) is 0 Å². The number of nitrogens with zero attached hydrogens (tertiary/aromatic N) is 3. The molecule has 5 nitrogen and oxygen atoms in total. The van der Waals surface area contributed by atoms with E-state index in [0.717, 1.165) is 17.2 Å². The largest absolute Gasteiger partial charge is 0.508 e. The van der Waals surface area contributed by atoms with Crippen LogP contribution in [0.1, 0.15) is 6.92 Å². The van der Waals surface area contributed by atoms with Crippen molar-refractivity contribution in [2.75, 3.05) is 10.2 Å². The van der Waals surface area contributed by atoms with Crippen LogP contribution in [-0.2, 0) is 0 Å². The molecular weight excluding hydrogens is 240 g/mol. The van der Waals surface area contributed by atoms with E-state index in [0.29, 0.717) is 0 Å². The highest BCUT2D eigenvalue weighted by molar-refractivity contribution is 5.86. The summed E-state index contributed by atoms with van der Waals surface area (Å²) in [7, 11) is 0. The summed E-state index contributed by atoms with van der Waals surface area (Å²) in [5, 5.41) is 17.4. The summed E-state index contributed by atoms with van der Waals surface area (Å²) in [6, 6.07) is 16.8. The lowest BCUT2D eigenvalue weighted by atomic mass is 10.3. The highest BCUT2D eigenvalue weighted by atomic mass is 16.3. The number of para-hydroxylation sites is 1. The first kappa shape index (κ1) is 11.4. The van der Waals surface area contributed by atoms with E-state index < -0.39 is 0 Å². The summed E-state index contributed by atoms with van der Waals surface area (Å²) in [5.41, 5.74) is 5.02. The van der Waals surface area contributed by atoms with E-state index in [9.17, 15) is 5.11 Å². The van der Waals surface area contributed by atoms with Gasteiger partial charge in [-0.15, -0.1) is 5.10 Å². The Kier molecular flexibility index (Phi) is 2.72. The number of hydrogen-bond acceptors (Lipinski definition) is 5. The lowest BCUT2D eigenvalue weighted by molar-refractivity contribution is 0.475. The zero-order chi connectivity index (χ0) is 13.2. The van der Waals surface area contributed by atoms with Crippen LogP contribution < -0.4 is 15.7 Å². The second kappa shape index (κ2) is 4.53. The number of phenolic OH excluding ortho intramolecular Hbond substituents is 1. The monoisotopic (exact) mass is 254 g/mol. The van der Waals surface area contributed by atoms with Gasteiger partial charge in [-0.25, -0.2) is 0 Å². The van der Waals surface area contributed by atoms with Crippen molar-refractivity contribution >= 4 is 17.2 Å². The van der Waals surface area contributed by atoms with E-state index in [2.05, 4.69) is 10.5 Å². The molecule has 3 rings (SSSR count). The number of nitrogens with one attached hydrogen (secondary N) is 1. The SMILES string of the molecule is CC1=NN(c2ccccc2)N(c2ccc(O)cc2)N1. The smallest absolute Gasteiger partial charge is 0.142 e. The number of benzene rings is 2. The summed E-state index contributed by atoms with van der Waals surface area (Å²) in [5.74, 6) is 1.05. The first-order valence-electron chi connectivity index (χ1n) is 6.00. The van der Waals surface area contributed by atoms with E-state index >= 15 is 0 Å². The molecule has 2 N–H and O–H groups in total. The quantitative estimate of drug-likeness (QED) is 0.864. The summed E-state index contributed by atoms with van der Waals surface area (Å²) >= 11 is 0. The molecule has 0 saturated heterocycles. The minimum Gasteiger partial charge on any atom is -0.508 e. The Labute approximate surface area is 111 Å². The van der Waals surface area contributed by atoms with Crippen molar-refractivity contribution in [1.29, 1.82) is 0 Å². The Balaban J connectivity index is 1.95. The van der Waals surface area contributed by atoms with Gasteiger partial charge in [0, 0.05) is 0 Å². The van der Waals surface area contributed by atoms with E-state index in [1.807, 2.05) is 54.5 Å². The minimum atomic E-state index is 0.242. The average Bonchev–Trinajstić information content (AvgIpc) is 2.83. The van der Waals surface area contributed by atoms with Crippen molar-refractivity contribution in [2.45, 2.75) is 6.92 Å². The molecule has 1 aliphatic heterocycles. The average molecular weight is 254 g/mol. The summed E-state index contributed by atoms with van der Waals surface area (Å²) in [6.45, 7) is 1.90. The van der Waals surface area contributed by atoms with Crippen LogP contribution >= 0.6 is 0 Å². The molecule has 0 amide bonds. The van der Waals surface area contributed by atoms with E-state index in [-0.39, 0.29) is 5.75 Å². The fraction of sp³-hybridized carbons (Fsp3) is 0.0714. The Morgan fingerprint density at radius 2 is 1.63 bits per heavy atom. The molecule has 0 unspecified atom stereocenters. The molecule has 96 valence electrons. The zero-order valence-electron chi connectivity index (χ0n) is 10.5. The van der Waals surface area contributed by atoms with Gasteiger partial charge in [0.15, 0.2) is 0 Å². The molecule has 0 bridgehead atoms. The van der Waals surface area contributed by atoms with Crippen LogP contribution in [0.25, 0.3) is 0 Å². The molecule has 0 saturated carbocycles. The van der Waals surface area contributed by atoms with Crippen LogP contribution in [0.2, 0.25) is 0 Å². The maximum Gasteiger partial charge on any atom is 0.142 e. The number of amidine groups is 1. The molecule has 1 heterocycles. The number of phenols is 1. The van der Waals surface area contributed by atoms with E-state index in [1.54, 1.807) is 17.3 Å². The molecule has 19 heavy (non-hydrogen) atoms. The molecule has 5 heteroatoms. The number of hydrogen-bond donors (Lipinski definition) is 2. The van der Waals surface area contributed by atoms with Gasteiger partial charge in [-0.2, -0.15) is 10.2 Å². The van der Waals surface area contributed by atoms with Gasteiger partial charge < -0.3 is 5.11 Å². The van der Waals surface area contributed by atoms with Gasteiger partial charge in [0.2, 0.25) is 0 Å². The maximum atomic E-state index is 9.35. The third kappa shape index (κ3) is 2.18. The van der Waals surface area contributed by atoms with Crippen molar-refractivity contribution in [2.24, 2.45) is 5.10 Å². The Morgan fingerprint density at radius 3 is 2.32 bits per heavy atom. The zero-order valence-corrected chi connectivity index (χ0v) is 10.5. The molecule has 0 aliphatic carbocycles. The molecule has 0 spiro atoms. The second-order valence-electron chi connectivity index (χ2n) is 4.25. The molecule has 1 aliphatic rings. The van der Waals surface area contributed by atoms with Gasteiger partial charge in [0.25, 0.3) is 0 Å². The van der Waals surface area contributed by atoms with Crippen LogP contribution in [0.3, 0.4) is 0 Å². The van der Waals surface area contributed by atoms with Crippen LogP contribution in [0.15, 0.2) is 59.7 Å². The number of anilines is 2. The summed E-state index contributed by atoms with van der Waals surface area (Å²) in [6.07, 6.45) is 0. The van der Waals surface area contributed by atoms with Crippen molar-refractivity contribution < 1.29 is 5.11 Å².